The predicted molar refractivity (Wildman–Crippen MR) is 81.1 cm³/mol. The molecule has 0 spiro atoms. The van der Waals surface area contributed by atoms with Crippen LogP contribution in [0, 0.1) is 18.3 Å². The Bertz CT molecular complexity index is 635. The van der Waals surface area contributed by atoms with E-state index in [1.54, 1.807) is 0 Å². The van der Waals surface area contributed by atoms with Gasteiger partial charge < -0.3 is 10.1 Å². The maximum Gasteiger partial charge on any atom is 0.174 e. The molecule has 0 aliphatic carbocycles. The van der Waals surface area contributed by atoms with E-state index in [-0.39, 0.29) is 6.61 Å². The van der Waals surface area contributed by atoms with Crippen molar-refractivity contribution in [1.29, 1.82) is 5.26 Å². The first-order valence-corrected chi connectivity index (χ1v) is 6.66. The van der Waals surface area contributed by atoms with Gasteiger partial charge in [-0.15, -0.1) is 0 Å². The van der Waals surface area contributed by atoms with E-state index in [9.17, 15) is 0 Å². The quantitative estimate of drug-likeness (QED) is 0.897. The Kier molecular flexibility index (Phi) is 4.86. The highest BCUT2D eigenvalue weighted by molar-refractivity contribution is 6.30. The molecule has 0 aliphatic rings. The standard InChI is InChI=1S/C16H15ClN2O/c1-12-6-7-14(17)10-15(12)19-11-13-4-2-3-5-16(13)20-9-8-18/h2-7,10,19H,9,11H2,1H3. The van der Waals surface area contributed by atoms with Crippen LogP contribution in [0.3, 0.4) is 0 Å². The number of nitrogens with zero attached hydrogens (tertiary/aromatic N) is 1. The Morgan fingerprint density at radius 1 is 1.25 bits per heavy atom. The average Bonchev–Trinajstić information content (AvgIpc) is 2.47. The second kappa shape index (κ2) is 6.83. The molecule has 3 nitrogen and oxygen atoms in total. The van der Waals surface area contributed by atoms with E-state index >= 15 is 0 Å². The Labute approximate surface area is 123 Å². The molecule has 0 radical (unpaired) electrons. The summed E-state index contributed by atoms with van der Waals surface area (Å²) < 4.78 is 5.40. The lowest BCUT2D eigenvalue weighted by molar-refractivity contribution is 0.364. The van der Waals surface area contributed by atoms with Crippen LogP contribution in [0.4, 0.5) is 5.69 Å². The zero-order chi connectivity index (χ0) is 14.4. The van der Waals surface area contributed by atoms with Crippen LogP contribution < -0.4 is 10.1 Å². The molecule has 1 N–H and O–H groups in total. The van der Waals surface area contributed by atoms with Crippen LogP contribution in [0.1, 0.15) is 11.1 Å². The maximum atomic E-state index is 8.59. The molecular formula is C16H15ClN2O. The topological polar surface area (TPSA) is 45.0 Å². The number of aryl methyl sites for hydroxylation is 1. The van der Waals surface area contributed by atoms with Gasteiger partial charge >= 0.3 is 0 Å². The third kappa shape index (κ3) is 3.66. The normalized spacial score (nSPS) is 9.85. The maximum absolute atomic E-state index is 8.59. The molecule has 0 saturated carbocycles. The Balaban J connectivity index is 2.11. The third-order valence-electron chi connectivity index (χ3n) is 2.93. The minimum absolute atomic E-state index is 0.0488. The smallest absolute Gasteiger partial charge is 0.174 e. The SMILES string of the molecule is Cc1ccc(Cl)cc1NCc1ccccc1OCC#N. The van der Waals surface area contributed by atoms with E-state index in [1.807, 2.05) is 55.5 Å². The largest absolute Gasteiger partial charge is 0.478 e. The number of para-hydroxylation sites is 1. The van der Waals surface area contributed by atoms with Crippen LogP contribution in [0.2, 0.25) is 5.02 Å². The number of ether oxygens (including phenoxy) is 1. The van der Waals surface area contributed by atoms with Crippen molar-refractivity contribution >= 4 is 17.3 Å². The summed E-state index contributed by atoms with van der Waals surface area (Å²) in [6, 6.07) is 15.4. The van der Waals surface area contributed by atoms with E-state index in [1.165, 1.54) is 0 Å². The first kappa shape index (κ1) is 14.2. The zero-order valence-electron chi connectivity index (χ0n) is 11.2. The number of anilines is 1. The highest BCUT2D eigenvalue weighted by Gasteiger charge is 2.04. The summed E-state index contributed by atoms with van der Waals surface area (Å²) in [6.07, 6.45) is 0. The van der Waals surface area contributed by atoms with Gasteiger partial charge in [-0.25, -0.2) is 0 Å². The van der Waals surface area contributed by atoms with Crippen molar-refractivity contribution in [3.63, 3.8) is 0 Å². The van der Waals surface area contributed by atoms with Crippen LogP contribution >= 0.6 is 11.6 Å². The first-order chi connectivity index (χ1) is 9.70. The lowest BCUT2D eigenvalue weighted by Gasteiger charge is -2.13. The fraction of sp³-hybridized carbons (Fsp3) is 0.188. The lowest BCUT2D eigenvalue weighted by Crippen LogP contribution is -2.04. The second-order valence-electron chi connectivity index (χ2n) is 4.37. The minimum atomic E-state index is 0.0488. The highest BCUT2D eigenvalue weighted by Crippen LogP contribution is 2.23. The molecule has 102 valence electrons. The lowest BCUT2D eigenvalue weighted by atomic mass is 10.1. The van der Waals surface area contributed by atoms with Gasteiger partial charge in [0.25, 0.3) is 0 Å². The fourth-order valence-electron chi connectivity index (χ4n) is 1.88. The van der Waals surface area contributed by atoms with Gasteiger partial charge in [-0.1, -0.05) is 35.9 Å². The number of hydrogen-bond acceptors (Lipinski definition) is 3. The number of rotatable bonds is 5. The molecule has 0 heterocycles. The highest BCUT2D eigenvalue weighted by atomic mass is 35.5. The molecule has 0 amide bonds. The number of hydrogen-bond donors (Lipinski definition) is 1. The van der Waals surface area contributed by atoms with Gasteiger partial charge in [0.15, 0.2) is 6.61 Å². The molecule has 4 heteroatoms. The number of benzene rings is 2. The van der Waals surface area contributed by atoms with Crippen molar-refractivity contribution in [2.75, 3.05) is 11.9 Å². The first-order valence-electron chi connectivity index (χ1n) is 6.28. The molecule has 2 rings (SSSR count). The molecule has 0 unspecified atom stereocenters. The van der Waals surface area contributed by atoms with Crippen LogP contribution in [-0.2, 0) is 6.54 Å². The number of nitrogens with one attached hydrogen (secondary N) is 1. The van der Waals surface area contributed by atoms with Crippen LogP contribution in [0.25, 0.3) is 0 Å². The van der Waals surface area contributed by atoms with Crippen molar-refractivity contribution in [1.82, 2.24) is 0 Å². The zero-order valence-corrected chi connectivity index (χ0v) is 11.9. The van der Waals surface area contributed by atoms with E-state index in [0.29, 0.717) is 11.6 Å². The summed E-state index contributed by atoms with van der Waals surface area (Å²) in [5.74, 6) is 0.723. The Morgan fingerprint density at radius 3 is 2.85 bits per heavy atom. The summed E-state index contributed by atoms with van der Waals surface area (Å²) in [5.41, 5.74) is 3.12. The molecule has 0 bridgehead atoms. The van der Waals surface area contributed by atoms with Gasteiger partial charge in [-0.3, -0.25) is 0 Å². The van der Waals surface area contributed by atoms with Gasteiger partial charge in [-0.2, -0.15) is 5.26 Å². The van der Waals surface area contributed by atoms with Crippen molar-refractivity contribution in [3.8, 4) is 11.8 Å². The van der Waals surface area contributed by atoms with Crippen molar-refractivity contribution in [2.24, 2.45) is 0 Å². The van der Waals surface area contributed by atoms with E-state index in [2.05, 4.69) is 5.32 Å². The summed E-state index contributed by atoms with van der Waals surface area (Å²) in [7, 11) is 0. The summed E-state index contributed by atoms with van der Waals surface area (Å²) in [5, 5.41) is 12.6. The number of nitriles is 1. The van der Waals surface area contributed by atoms with Crippen molar-refractivity contribution < 1.29 is 4.74 Å². The van der Waals surface area contributed by atoms with Crippen LogP contribution in [0.5, 0.6) is 5.75 Å². The molecule has 0 aliphatic heterocycles. The van der Waals surface area contributed by atoms with E-state index < -0.39 is 0 Å². The molecule has 0 saturated heterocycles. The fourth-order valence-corrected chi connectivity index (χ4v) is 2.05. The minimum Gasteiger partial charge on any atom is -0.478 e. The predicted octanol–water partition coefficient (Wildman–Crippen LogP) is 4.16. The van der Waals surface area contributed by atoms with Gasteiger partial charge in [-0.05, 0) is 30.7 Å². The summed E-state index contributed by atoms with van der Waals surface area (Å²) in [6.45, 7) is 2.69. The number of halogens is 1. The molecule has 2 aromatic rings. The van der Waals surface area contributed by atoms with Gasteiger partial charge in [0.05, 0.1) is 0 Å². The monoisotopic (exact) mass is 286 g/mol. The van der Waals surface area contributed by atoms with Gasteiger partial charge in [0, 0.05) is 22.8 Å². The average molecular weight is 287 g/mol. The molecule has 0 aromatic heterocycles. The molecular weight excluding hydrogens is 272 g/mol. The molecule has 20 heavy (non-hydrogen) atoms. The van der Waals surface area contributed by atoms with Crippen molar-refractivity contribution in [3.05, 3.63) is 58.6 Å². The van der Waals surface area contributed by atoms with E-state index in [0.717, 1.165) is 22.6 Å². The second-order valence-corrected chi connectivity index (χ2v) is 4.80. The van der Waals surface area contributed by atoms with Gasteiger partial charge in [0.2, 0.25) is 0 Å². The van der Waals surface area contributed by atoms with Crippen molar-refractivity contribution in [2.45, 2.75) is 13.5 Å². The summed E-state index contributed by atoms with van der Waals surface area (Å²) >= 11 is 6.00. The third-order valence-corrected chi connectivity index (χ3v) is 3.17. The van der Waals surface area contributed by atoms with Gasteiger partial charge in [0.1, 0.15) is 11.8 Å². The van der Waals surface area contributed by atoms with Crippen LogP contribution in [-0.4, -0.2) is 6.61 Å². The summed E-state index contributed by atoms with van der Waals surface area (Å²) in [4.78, 5) is 0. The van der Waals surface area contributed by atoms with E-state index in [4.69, 9.17) is 21.6 Å². The molecule has 2 aromatic carbocycles. The Hall–Kier alpha value is -2.18. The molecule has 0 atom stereocenters. The van der Waals surface area contributed by atoms with Crippen LogP contribution in [0.15, 0.2) is 42.5 Å². The molecule has 0 fully saturated rings. The Morgan fingerprint density at radius 2 is 2.05 bits per heavy atom.